The third kappa shape index (κ3) is 4.85. The van der Waals surface area contributed by atoms with E-state index in [0.717, 1.165) is 10.0 Å². The number of ether oxygens (including phenoxy) is 2. The molecule has 0 bridgehead atoms. The summed E-state index contributed by atoms with van der Waals surface area (Å²) in [4.78, 5) is 24.5. The molecule has 1 aromatic carbocycles. The molecule has 5 nitrogen and oxygen atoms in total. The molecule has 20 heavy (non-hydrogen) atoms. The van der Waals surface area contributed by atoms with Crippen LogP contribution in [0.1, 0.15) is 12.5 Å². The molecule has 0 saturated heterocycles. The van der Waals surface area contributed by atoms with Crippen molar-refractivity contribution in [1.82, 2.24) is 4.90 Å². The smallest absolute Gasteiger partial charge is 0.325 e. The lowest BCUT2D eigenvalue weighted by Crippen LogP contribution is -2.38. The van der Waals surface area contributed by atoms with Gasteiger partial charge in [0.1, 0.15) is 12.3 Å². The number of methoxy groups -OCH3 is 1. The van der Waals surface area contributed by atoms with Crippen molar-refractivity contribution < 1.29 is 19.1 Å². The molecule has 0 aliphatic heterocycles. The van der Waals surface area contributed by atoms with Gasteiger partial charge in [-0.05, 0) is 47.5 Å². The summed E-state index contributed by atoms with van der Waals surface area (Å²) in [5.74, 6) is -0.111. The molecule has 0 aliphatic rings. The Kier molecular flexibility index (Phi) is 6.51. The lowest BCUT2D eigenvalue weighted by Gasteiger charge is -2.19. The molecule has 0 aromatic heterocycles. The van der Waals surface area contributed by atoms with Crippen molar-refractivity contribution in [3.8, 4) is 5.75 Å². The quantitative estimate of drug-likeness (QED) is 0.742. The lowest BCUT2D eigenvalue weighted by atomic mass is 10.2. The Labute approximate surface area is 127 Å². The van der Waals surface area contributed by atoms with E-state index in [2.05, 4.69) is 20.7 Å². The van der Waals surface area contributed by atoms with Gasteiger partial charge in [-0.25, -0.2) is 0 Å². The van der Waals surface area contributed by atoms with E-state index in [9.17, 15) is 9.59 Å². The van der Waals surface area contributed by atoms with Crippen molar-refractivity contribution >= 4 is 27.8 Å². The van der Waals surface area contributed by atoms with Gasteiger partial charge in [-0.1, -0.05) is 6.07 Å². The Bertz CT molecular complexity index is 490. The highest BCUT2D eigenvalue weighted by molar-refractivity contribution is 9.10. The van der Waals surface area contributed by atoms with Crippen LogP contribution in [0.4, 0.5) is 0 Å². The molecule has 0 fully saturated rings. The van der Waals surface area contributed by atoms with E-state index >= 15 is 0 Å². The van der Waals surface area contributed by atoms with Gasteiger partial charge in [0.25, 0.3) is 5.91 Å². The minimum Gasteiger partial charge on any atom is -0.483 e. The van der Waals surface area contributed by atoms with Crippen LogP contribution in [-0.2, 0) is 14.3 Å². The molecule has 6 heteroatoms. The average molecular weight is 344 g/mol. The van der Waals surface area contributed by atoms with Crippen LogP contribution in [0, 0.1) is 6.92 Å². The number of benzene rings is 1. The van der Waals surface area contributed by atoms with Crippen molar-refractivity contribution in [3.05, 3.63) is 28.2 Å². The number of hydrogen-bond donors (Lipinski definition) is 0. The predicted octanol–water partition coefficient (Wildman–Crippen LogP) is 2.16. The minimum absolute atomic E-state index is 0.0652. The number of esters is 1. The molecular weight excluding hydrogens is 326 g/mol. The van der Waals surface area contributed by atoms with E-state index in [0.29, 0.717) is 12.3 Å². The zero-order valence-corrected chi connectivity index (χ0v) is 13.4. The predicted molar refractivity (Wildman–Crippen MR) is 78.6 cm³/mol. The molecule has 110 valence electrons. The molecule has 0 radical (unpaired) electrons. The number of hydrogen-bond acceptors (Lipinski definition) is 4. The van der Waals surface area contributed by atoms with Gasteiger partial charge in [-0.3, -0.25) is 9.59 Å². The number of likely N-dealkylation sites (N-methyl/N-ethyl adjacent to an activating group) is 1. The molecule has 1 amide bonds. The second-order valence-corrected chi connectivity index (χ2v) is 5.06. The van der Waals surface area contributed by atoms with Crippen LogP contribution >= 0.6 is 15.9 Å². The fraction of sp³-hybridized carbons (Fsp3) is 0.429. The van der Waals surface area contributed by atoms with Crippen LogP contribution in [0.5, 0.6) is 5.75 Å². The third-order valence-corrected chi connectivity index (χ3v) is 3.34. The molecular formula is C14H18BrNO4. The maximum atomic E-state index is 12.0. The molecule has 0 unspecified atom stereocenters. The van der Waals surface area contributed by atoms with E-state index in [1.165, 1.54) is 12.0 Å². The van der Waals surface area contributed by atoms with Crippen molar-refractivity contribution in [1.29, 1.82) is 0 Å². The number of carbonyl (C=O) groups excluding carboxylic acids is 2. The standard InChI is InChI=1S/C14H18BrNO4/c1-4-16(8-14(18)19-3)13(17)9-20-12-6-5-10(2)7-11(12)15/h5-7H,4,8-9H2,1-3H3. The van der Waals surface area contributed by atoms with Gasteiger partial charge in [0.05, 0.1) is 11.6 Å². The van der Waals surface area contributed by atoms with Crippen LogP contribution in [0.2, 0.25) is 0 Å². The Balaban J connectivity index is 2.58. The van der Waals surface area contributed by atoms with Gasteiger partial charge < -0.3 is 14.4 Å². The van der Waals surface area contributed by atoms with Crippen molar-refractivity contribution in [2.24, 2.45) is 0 Å². The maximum absolute atomic E-state index is 12.0. The first-order valence-electron chi connectivity index (χ1n) is 6.21. The maximum Gasteiger partial charge on any atom is 0.325 e. The molecule has 1 rings (SSSR count). The second-order valence-electron chi connectivity index (χ2n) is 4.21. The zero-order chi connectivity index (χ0) is 15.1. The Morgan fingerprint density at radius 2 is 2.05 bits per heavy atom. The highest BCUT2D eigenvalue weighted by Crippen LogP contribution is 2.25. The largest absolute Gasteiger partial charge is 0.483 e. The molecule has 0 aliphatic carbocycles. The number of amides is 1. The number of carbonyl (C=O) groups is 2. The summed E-state index contributed by atoms with van der Waals surface area (Å²) < 4.78 is 10.8. The van der Waals surface area contributed by atoms with Crippen LogP contribution in [-0.4, -0.2) is 43.6 Å². The monoisotopic (exact) mass is 343 g/mol. The summed E-state index contributed by atoms with van der Waals surface area (Å²) in [7, 11) is 1.29. The summed E-state index contributed by atoms with van der Waals surface area (Å²) in [6.07, 6.45) is 0. The van der Waals surface area contributed by atoms with E-state index < -0.39 is 5.97 Å². The summed E-state index contributed by atoms with van der Waals surface area (Å²) in [5.41, 5.74) is 1.09. The van der Waals surface area contributed by atoms with Gasteiger partial charge in [-0.2, -0.15) is 0 Å². The first kappa shape index (κ1) is 16.5. The molecule has 0 saturated carbocycles. The highest BCUT2D eigenvalue weighted by Gasteiger charge is 2.16. The van der Waals surface area contributed by atoms with Gasteiger partial charge >= 0.3 is 5.97 Å². The van der Waals surface area contributed by atoms with Crippen molar-refractivity contribution in [3.63, 3.8) is 0 Å². The number of rotatable bonds is 6. The van der Waals surface area contributed by atoms with Crippen LogP contribution < -0.4 is 4.74 Å². The van der Waals surface area contributed by atoms with Gasteiger partial charge in [0.15, 0.2) is 6.61 Å². The Morgan fingerprint density at radius 3 is 2.60 bits per heavy atom. The average Bonchev–Trinajstić information content (AvgIpc) is 2.43. The lowest BCUT2D eigenvalue weighted by molar-refractivity contribution is -0.147. The summed E-state index contributed by atoms with van der Waals surface area (Å²) in [6.45, 7) is 4.00. The Morgan fingerprint density at radius 1 is 1.35 bits per heavy atom. The molecule has 1 aromatic rings. The molecule has 0 N–H and O–H groups in total. The van der Waals surface area contributed by atoms with E-state index in [1.54, 1.807) is 13.0 Å². The number of aryl methyl sites for hydroxylation is 1. The van der Waals surface area contributed by atoms with E-state index in [-0.39, 0.29) is 19.1 Å². The fourth-order valence-electron chi connectivity index (χ4n) is 1.55. The fourth-order valence-corrected chi connectivity index (χ4v) is 2.16. The highest BCUT2D eigenvalue weighted by atomic mass is 79.9. The Hall–Kier alpha value is -1.56. The molecule has 0 heterocycles. The van der Waals surface area contributed by atoms with E-state index in [4.69, 9.17) is 4.74 Å². The van der Waals surface area contributed by atoms with Crippen molar-refractivity contribution in [2.75, 3.05) is 26.8 Å². The van der Waals surface area contributed by atoms with Gasteiger partial charge in [0, 0.05) is 6.54 Å². The van der Waals surface area contributed by atoms with Gasteiger partial charge in [-0.15, -0.1) is 0 Å². The normalized spacial score (nSPS) is 10.0. The topological polar surface area (TPSA) is 55.8 Å². The summed E-state index contributed by atoms with van der Waals surface area (Å²) in [6, 6.07) is 5.60. The van der Waals surface area contributed by atoms with E-state index in [1.807, 2.05) is 19.1 Å². The summed E-state index contributed by atoms with van der Waals surface area (Å²) >= 11 is 3.38. The molecule has 0 atom stereocenters. The second kappa shape index (κ2) is 7.89. The first-order valence-corrected chi connectivity index (χ1v) is 7.00. The molecule has 0 spiro atoms. The minimum atomic E-state index is -0.447. The SMILES string of the molecule is CCN(CC(=O)OC)C(=O)COc1ccc(C)cc1Br. The summed E-state index contributed by atoms with van der Waals surface area (Å²) in [5, 5.41) is 0. The van der Waals surface area contributed by atoms with Gasteiger partial charge in [0.2, 0.25) is 0 Å². The third-order valence-electron chi connectivity index (χ3n) is 2.72. The van der Waals surface area contributed by atoms with Crippen LogP contribution in [0.15, 0.2) is 22.7 Å². The number of nitrogens with zero attached hydrogens (tertiary/aromatic N) is 1. The number of halogens is 1. The zero-order valence-electron chi connectivity index (χ0n) is 11.8. The first-order chi connectivity index (χ1) is 9.47. The van der Waals surface area contributed by atoms with Crippen LogP contribution in [0.25, 0.3) is 0 Å². The van der Waals surface area contributed by atoms with Crippen molar-refractivity contribution in [2.45, 2.75) is 13.8 Å². The van der Waals surface area contributed by atoms with Crippen LogP contribution in [0.3, 0.4) is 0 Å².